The van der Waals surface area contributed by atoms with Crippen molar-refractivity contribution in [2.45, 2.75) is 6.92 Å². The van der Waals surface area contributed by atoms with Crippen LogP contribution in [-0.4, -0.2) is 4.98 Å². The van der Waals surface area contributed by atoms with E-state index in [0.717, 1.165) is 15.7 Å². The van der Waals surface area contributed by atoms with E-state index < -0.39 is 0 Å². The lowest BCUT2D eigenvalue weighted by molar-refractivity contribution is 1.26. The van der Waals surface area contributed by atoms with Gasteiger partial charge in [-0.1, -0.05) is 17.7 Å². The fraction of sp³-hybridized carbons (Fsp3) is 0.0769. The highest BCUT2D eigenvalue weighted by Crippen LogP contribution is 2.27. The highest BCUT2D eigenvalue weighted by Gasteiger charge is 2.07. The summed E-state index contributed by atoms with van der Waals surface area (Å²) in [5.74, 6) is 0.520. The highest BCUT2D eigenvalue weighted by atomic mass is 79.9. The van der Waals surface area contributed by atoms with Crippen LogP contribution >= 0.6 is 27.5 Å². The van der Waals surface area contributed by atoms with Crippen LogP contribution in [0.2, 0.25) is 5.02 Å². The number of nitrogens with zero attached hydrogens (tertiary/aromatic N) is 2. The summed E-state index contributed by atoms with van der Waals surface area (Å²) in [6, 6.07) is 9.39. The molecule has 90 valence electrons. The van der Waals surface area contributed by atoms with Crippen LogP contribution in [0.3, 0.4) is 0 Å². The number of anilines is 2. The molecule has 18 heavy (non-hydrogen) atoms. The Morgan fingerprint density at radius 3 is 2.94 bits per heavy atom. The molecule has 1 N–H and O–H groups in total. The molecule has 3 nitrogen and oxygen atoms in total. The van der Waals surface area contributed by atoms with Gasteiger partial charge in [-0.2, -0.15) is 5.26 Å². The summed E-state index contributed by atoms with van der Waals surface area (Å²) in [5, 5.41) is 12.9. The van der Waals surface area contributed by atoms with Gasteiger partial charge < -0.3 is 5.32 Å². The number of pyridine rings is 1. The third-order valence-electron chi connectivity index (χ3n) is 2.50. The first-order chi connectivity index (χ1) is 8.61. The van der Waals surface area contributed by atoms with E-state index in [1.54, 1.807) is 12.3 Å². The molecule has 1 heterocycles. The molecular formula is C13H9BrClN3. The summed E-state index contributed by atoms with van der Waals surface area (Å²) >= 11 is 9.33. The molecule has 0 bridgehead atoms. The summed E-state index contributed by atoms with van der Waals surface area (Å²) in [4.78, 5) is 4.19. The van der Waals surface area contributed by atoms with Crippen LogP contribution in [0.1, 0.15) is 11.1 Å². The van der Waals surface area contributed by atoms with Gasteiger partial charge in [-0.15, -0.1) is 0 Å². The summed E-state index contributed by atoms with van der Waals surface area (Å²) < 4.78 is 0.771. The monoisotopic (exact) mass is 321 g/mol. The summed E-state index contributed by atoms with van der Waals surface area (Å²) in [6.07, 6.45) is 1.64. The van der Waals surface area contributed by atoms with Crippen molar-refractivity contribution in [3.05, 3.63) is 51.1 Å². The lowest BCUT2D eigenvalue weighted by Crippen LogP contribution is -1.98. The molecular weight excluding hydrogens is 314 g/mol. The lowest BCUT2D eigenvalue weighted by atomic mass is 10.2. The number of nitriles is 1. The maximum atomic E-state index is 9.07. The Balaban J connectivity index is 2.41. The highest BCUT2D eigenvalue weighted by molar-refractivity contribution is 9.10. The number of benzene rings is 1. The van der Waals surface area contributed by atoms with Gasteiger partial charge in [-0.05, 0) is 46.6 Å². The van der Waals surface area contributed by atoms with Gasteiger partial charge in [-0.25, -0.2) is 4.98 Å². The molecule has 1 aromatic carbocycles. The molecule has 5 heteroatoms. The fourth-order valence-electron chi connectivity index (χ4n) is 1.49. The molecule has 0 saturated carbocycles. The van der Waals surface area contributed by atoms with Crippen LogP contribution in [0.25, 0.3) is 0 Å². The van der Waals surface area contributed by atoms with Crippen molar-refractivity contribution in [1.82, 2.24) is 4.98 Å². The van der Waals surface area contributed by atoms with E-state index in [9.17, 15) is 0 Å². The molecule has 2 aromatic rings. The third kappa shape index (κ3) is 2.63. The Morgan fingerprint density at radius 1 is 1.44 bits per heavy atom. The van der Waals surface area contributed by atoms with Crippen LogP contribution < -0.4 is 5.32 Å². The van der Waals surface area contributed by atoms with Gasteiger partial charge in [-0.3, -0.25) is 0 Å². The van der Waals surface area contributed by atoms with Crippen molar-refractivity contribution in [2.75, 3.05) is 5.32 Å². The number of halogens is 2. The maximum Gasteiger partial charge on any atom is 0.148 e. The average Bonchev–Trinajstić information content (AvgIpc) is 2.37. The van der Waals surface area contributed by atoms with Crippen molar-refractivity contribution in [2.24, 2.45) is 0 Å². The summed E-state index contributed by atoms with van der Waals surface area (Å²) in [6.45, 7) is 1.91. The normalized spacial score (nSPS) is 9.89. The van der Waals surface area contributed by atoms with Crippen molar-refractivity contribution in [1.29, 1.82) is 5.26 Å². The van der Waals surface area contributed by atoms with Crippen molar-refractivity contribution < 1.29 is 0 Å². The largest absolute Gasteiger partial charge is 0.339 e. The van der Waals surface area contributed by atoms with Gasteiger partial charge in [0.1, 0.15) is 11.9 Å². The third-order valence-corrected chi connectivity index (χ3v) is 3.34. The summed E-state index contributed by atoms with van der Waals surface area (Å²) in [7, 11) is 0. The lowest BCUT2D eigenvalue weighted by Gasteiger charge is -2.11. The minimum Gasteiger partial charge on any atom is -0.339 e. The molecule has 0 amide bonds. The second-order valence-corrected chi connectivity index (χ2v) is 5.02. The van der Waals surface area contributed by atoms with Crippen LogP contribution in [0.4, 0.5) is 11.5 Å². The SMILES string of the molecule is Cc1c(Cl)cccc1Nc1ncc(Br)cc1C#N. The smallest absolute Gasteiger partial charge is 0.148 e. The fourth-order valence-corrected chi connectivity index (χ4v) is 2.00. The molecule has 0 spiro atoms. The molecule has 0 aliphatic heterocycles. The molecule has 0 aliphatic carbocycles. The van der Waals surface area contributed by atoms with Crippen molar-refractivity contribution in [3.63, 3.8) is 0 Å². The van der Waals surface area contributed by atoms with Gasteiger partial charge >= 0.3 is 0 Å². The molecule has 0 unspecified atom stereocenters. The van der Waals surface area contributed by atoms with E-state index in [1.165, 1.54) is 0 Å². The Hall–Kier alpha value is -1.57. The van der Waals surface area contributed by atoms with Crippen LogP contribution in [0.15, 0.2) is 34.9 Å². The van der Waals surface area contributed by atoms with Gasteiger partial charge in [0, 0.05) is 21.4 Å². The zero-order valence-electron chi connectivity index (χ0n) is 9.54. The molecule has 2 rings (SSSR count). The van der Waals surface area contributed by atoms with E-state index in [-0.39, 0.29) is 0 Å². The zero-order chi connectivity index (χ0) is 13.1. The van der Waals surface area contributed by atoms with E-state index >= 15 is 0 Å². The van der Waals surface area contributed by atoms with E-state index in [4.69, 9.17) is 16.9 Å². The Morgan fingerprint density at radius 2 is 2.22 bits per heavy atom. The number of rotatable bonds is 2. The van der Waals surface area contributed by atoms with Crippen LogP contribution in [-0.2, 0) is 0 Å². The molecule has 0 radical (unpaired) electrons. The van der Waals surface area contributed by atoms with Crippen molar-refractivity contribution >= 4 is 39.0 Å². The minimum atomic E-state index is 0.476. The molecule has 0 atom stereocenters. The molecule has 0 saturated heterocycles. The van der Waals surface area contributed by atoms with Crippen molar-refractivity contribution in [3.8, 4) is 6.07 Å². The number of aromatic nitrogens is 1. The number of nitrogens with one attached hydrogen (secondary N) is 1. The van der Waals surface area contributed by atoms with Gasteiger partial charge in [0.05, 0.1) is 5.56 Å². The Bertz CT molecular complexity index is 635. The Kier molecular flexibility index (Phi) is 3.85. The second kappa shape index (κ2) is 5.38. The van der Waals surface area contributed by atoms with E-state index in [1.807, 2.05) is 25.1 Å². The molecule has 0 aliphatic rings. The molecule has 0 fully saturated rings. The van der Waals surface area contributed by atoms with Crippen LogP contribution in [0, 0.1) is 18.3 Å². The van der Waals surface area contributed by atoms with Gasteiger partial charge in [0.25, 0.3) is 0 Å². The predicted molar refractivity (Wildman–Crippen MR) is 76.1 cm³/mol. The first-order valence-corrected chi connectivity index (χ1v) is 6.36. The number of hydrogen-bond acceptors (Lipinski definition) is 3. The topological polar surface area (TPSA) is 48.7 Å². The average molecular weight is 323 g/mol. The van der Waals surface area contributed by atoms with E-state index in [2.05, 4.69) is 32.3 Å². The predicted octanol–water partition coefficient (Wildman–Crippen LogP) is 4.42. The first-order valence-electron chi connectivity index (χ1n) is 5.19. The first kappa shape index (κ1) is 12.9. The Labute approximate surface area is 119 Å². The van der Waals surface area contributed by atoms with Gasteiger partial charge in [0.15, 0.2) is 0 Å². The van der Waals surface area contributed by atoms with Crippen LogP contribution in [0.5, 0.6) is 0 Å². The zero-order valence-corrected chi connectivity index (χ0v) is 11.9. The summed E-state index contributed by atoms with van der Waals surface area (Å²) in [5.41, 5.74) is 2.24. The van der Waals surface area contributed by atoms with Gasteiger partial charge in [0.2, 0.25) is 0 Å². The van der Waals surface area contributed by atoms with E-state index in [0.29, 0.717) is 16.4 Å². The second-order valence-electron chi connectivity index (χ2n) is 3.70. The maximum absolute atomic E-state index is 9.07. The standard InChI is InChI=1S/C13H9BrClN3/c1-8-11(15)3-2-4-12(8)18-13-9(6-16)5-10(14)7-17-13/h2-5,7H,1H3,(H,17,18). The number of hydrogen-bond donors (Lipinski definition) is 1. The molecule has 1 aromatic heterocycles. The minimum absolute atomic E-state index is 0.476. The quantitative estimate of drug-likeness (QED) is 0.890.